The molecule has 0 fully saturated rings. The topological polar surface area (TPSA) is 42.0 Å². The van der Waals surface area contributed by atoms with E-state index in [2.05, 4.69) is 24.1 Å². The first-order valence-corrected chi connectivity index (χ1v) is 10.3. The number of anilines is 1. The molecule has 1 heterocycles. The fraction of sp³-hybridized carbons (Fsp3) is 0.263. The van der Waals surface area contributed by atoms with Crippen molar-refractivity contribution in [1.29, 1.82) is 0 Å². The number of nitrogens with zero attached hydrogens (tertiary/aromatic N) is 1. The van der Waals surface area contributed by atoms with Crippen LogP contribution in [-0.4, -0.2) is 16.6 Å². The van der Waals surface area contributed by atoms with Gasteiger partial charge in [0.1, 0.15) is 0 Å². The van der Waals surface area contributed by atoms with Crippen LogP contribution >= 0.6 is 34.7 Å². The molecule has 2 aromatic carbocycles. The molecule has 130 valence electrons. The van der Waals surface area contributed by atoms with Crippen LogP contribution in [0.1, 0.15) is 30.6 Å². The van der Waals surface area contributed by atoms with Crippen LogP contribution in [0.2, 0.25) is 5.02 Å². The highest BCUT2D eigenvalue weighted by Gasteiger charge is 2.09. The molecule has 0 spiro atoms. The van der Waals surface area contributed by atoms with Gasteiger partial charge in [0.05, 0.1) is 10.2 Å². The summed E-state index contributed by atoms with van der Waals surface area (Å²) in [4.78, 5) is 17.0. The summed E-state index contributed by atoms with van der Waals surface area (Å²) >= 11 is 9.41. The number of thiazole rings is 1. The molecule has 0 saturated carbocycles. The van der Waals surface area contributed by atoms with Crippen LogP contribution in [0.3, 0.4) is 0 Å². The number of halogens is 1. The van der Waals surface area contributed by atoms with Gasteiger partial charge in [0, 0.05) is 22.0 Å². The number of aromatic nitrogens is 1. The lowest BCUT2D eigenvalue weighted by Gasteiger charge is -2.05. The number of thioether (sulfide) groups is 1. The maximum absolute atomic E-state index is 12.3. The first kappa shape index (κ1) is 18.2. The molecule has 3 nitrogen and oxygen atoms in total. The molecule has 1 amide bonds. The normalized spacial score (nSPS) is 11.2. The standard InChI is InChI=1S/C19H19ClN2OS2/c1-12(2)8-9-24-19-22-16-7-6-15(11-17(16)25-19)21-18(23)13-4-3-5-14(20)10-13/h3-7,10-12H,8-9H2,1-2H3,(H,21,23). The van der Waals surface area contributed by atoms with E-state index in [0.717, 1.165) is 26.0 Å². The molecule has 0 unspecified atom stereocenters. The van der Waals surface area contributed by atoms with E-state index in [1.165, 1.54) is 6.42 Å². The van der Waals surface area contributed by atoms with Gasteiger partial charge in [0.15, 0.2) is 4.34 Å². The molecule has 1 aromatic heterocycles. The molecule has 0 aliphatic heterocycles. The lowest BCUT2D eigenvalue weighted by molar-refractivity contribution is 0.102. The predicted molar refractivity (Wildman–Crippen MR) is 109 cm³/mol. The Balaban J connectivity index is 1.71. The van der Waals surface area contributed by atoms with Gasteiger partial charge < -0.3 is 5.32 Å². The molecule has 3 rings (SSSR count). The van der Waals surface area contributed by atoms with Gasteiger partial charge in [0.25, 0.3) is 5.91 Å². The second kappa shape index (κ2) is 8.21. The second-order valence-corrected chi connectivity index (χ2v) is 8.97. The van der Waals surface area contributed by atoms with Gasteiger partial charge in [-0.1, -0.05) is 43.3 Å². The van der Waals surface area contributed by atoms with E-state index < -0.39 is 0 Å². The molecule has 0 aliphatic rings. The minimum Gasteiger partial charge on any atom is -0.322 e. The highest BCUT2D eigenvalue weighted by Crippen LogP contribution is 2.32. The summed E-state index contributed by atoms with van der Waals surface area (Å²) in [6, 6.07) is 12.7. The van der Waals surface area contributed by atoms with Crippen molar-refractivity contribution in [3.63, 3.8) is 0 Å². The number of amides is 1. The fourth-order valence-corrected chi connectivity index (χ4v) is 4.87. The molecule has 0 saturated heterocycles. The minimum atomic E-state index is -0.169. The Bertz CT molecular complexity index is 892. The largest absolute Gasteiger partial charge is 0.322 e. The van der Waals surface area contributed by atoms with Gasteiger partial charge in [-0.15, -0.1) is 11.3 Å². The summed E-state index contributed by atoms with van der Waals surface area (Å²) in [5.74, 6) is 1.61. The van der Waals surface area contributed by atoms with E-state index in [4.69, 9.17) is 11.6 Å². The summed E-state index contributed by atoms with van der Waals surface area (Å²) in [7, 11) is 0. The molecule has 0 bridgehead atoms. The van der Waals surface area contributed by atoms with Crippen LogP contribution in [0.25, 0.3) is 10.2 Å². The Hall–Kier alpha value is -1.56. The second-order valence-electron chi connectivity index (χ2n) is 6.16. The Morgan fingerprint density at radius 2 is 2.12 bits per heavy atom. The van der Waals surface area contributed by atoms with Crippen LogP contribution in [0.5, 0.6) is 0 Å². The molecular formula is C19H19ClN2OS2. The molecule has 0 atom stereocenters. The molecular weight excluding hydrogens is 372 g/mol. The van der Waals surface area contributed by atoms with Crippen LogP contribution in [0, 0.1) is 5.92 Å². The van der Waals surface area contributed by atoms with E-state index in [1.807, 2.05) is 18.2 Å². The average molecular weight is 391 g/mol. The van der Waals surface area contributed by atoms with E-state index in [1.54, 1.807) is 47.4 Å². The first-order chi connectivity index (χ1) is 12.0. The van der Waals surface area contributed by atoms with E-state index >= 15 is 0 Å². The summed E-state index contributed by atoms with van der Waals surface area (Å²) in [5.41, 5.74) is 2.28. The Kier molecular flexibility index (Phi) is 5.99. The van der Waals surface area contributed by atoms with E-state index in [9.17, 15) is 4.79 Å². The molecule has 3 aromatic rings. The van der Waals surface area contributed by atoms with Gasteiger partial charge in [-0.3, -0.25) is 4.79 Å². The number of benzene rings is 2. The number of rotatable bonds is 6. The van der Waals surface area contributed by atoms with E-state index in [-0.39, 0.29) is 5.91 Å². The monoisotopic (exact) mass is 390 g/mol. The van der Waals surface area contributed by atoms with Gasteiger partial charge in [-0.2, -0.15) is 0 Å². The van der Waals surface area contributed by atoms with Crippen molar-refractivity contribution in [3.05, 3.63) is 53.1 Å². The Labute approximate surface area is 160 Å². The van der Waals surface area contributed by atoms with Crippen molar-refractivity contribution in [2.24, 2.45) is 5.92 Å². The number of carbonyl (C=O) groups excluding carboxylic acids is 1. The van der Waals surface area contributed by atoms with Crippen molar-refractivity contribution in [1.82, 2.24) is 4.98 Å². The fourth-order valence-electron chi connectivity index (χ4n) is 2.26. The summed E-state index contributed by atoms with van der Waals surface area (Å²) in [6.45, 7) is 4.46. The molecule has 0 aliphatic carbocycles. The van der Waals surface area contributed by atoms with Crippen LogP contribution in [0.4, 0.5) is 5.69 Å². The number of hydrogen-bond donors (Lipinski definition) is 1. The van der Waals surface area contributed by atoms with Crippen molar-refractivity contribution >= 4 is 56.5 Å². The number of nitrogens with one attached hydrogen (secondary N) is 1. The molecule has 6 heteroatoms. The Morgan fingerprint density at radius 1 is 1.28 bits per heavy atom. The molecule has 25 heavy (non-hydrogen) atoms. The lowest BCUT2D eigenvalue weighted by atomic mass is 10.2. The summed E-state index contributed by atoms with van der Waals surface area (Å²) < 4.78 is 2.16. The predicted octanol–water partition coefficient (Wildman–Crippen LogP) is 6.34. The van der Waals surface area contributed by atoms with Crippen molar-refractivity contribution in [2.45, 2.75) is 24.6 Å². The SMILES string of the molecule is CC(C)CCSc1nc2ccc(NC(=O)c3cccc(Cl)c3)cc2s1. The van der Waals surface area contributed by atoms with Crippen molar-refractivity contribution in [2.75, 3.05) is 11.1 Å². The van der Waals surface area contributed by atoms with Crippen LogP contribution < -0.4 is 5.32 Å². The Morgan fingerprint density at radius 3 is 2.88 bits per heavy atom. The summed E-state index contributed by atoms with van der Waals surface area (Å²) in [5, 5.41) is 3.47. The zero-order valence-corrected chi connectivity index (χ0v) is 16.5. The molecule has 1 N–H and O–H groups in total. The number of carbonyl (C=O) groups is 1. The van der Waals surface area contributed by atoms with Crippen molar-refractivity contribution in [3.8, 4) is 0 Å². The quantitative estimate of drug-likeness (QED) is 0.499. The third-order valence-electron chi connectivity index (χ3n) is 3.63. The number of hydrogen-bond acceptors (Lipinski definition) is 4. The maximum Gasteiger partial charge on any atom is 0.255 e. The van der Waals surface area contributed by atoms with Gasteiger partial charge in [-0.25, -0.2) is 4.98 Å². The smallest absolute Gasteiger partial charge is 0.255 e. The minimum absolute atomic E-state index is 0.169. The summed E-state index contributed by atoms with van der Waals surface area (Å²) in [6.07, 6.45) is 1.18. The zero-order valence-electron chi connectivity index (χ0n) is 14.1. The highest BCUT2D eigenvalue weighted by molar-refractivity contribution is 8.01. The van der Waals surface area contributed by atoms with Gasteiger partial charge >= 0.3 is 0 Å². The third-order valence-corrected chi connectivity index (χ3v) is 6.06. The first-order valence-electron chi connectivity index (χ1n) is 8.11. The van der Waals surface area contributed by atoms with Crippen LogP contribution in [0.15, 0.2) is 46.8 Å². The van der Waals surface area contributed by atoms with E-state index in [0.29, 0.717) is 16.5 Å². The molecule has 0 radical (unpaired) electrons. The van der Waals surface area contributed by atoms with Crippen LogP contribution in [-0.2, 0) is 0 Å². The average Bonchev–Trinajstić information content (AvgIpc) is 2.96. The lowest BCUT2D eigenvalue weighted by Crippen LogP contribution is -2.11. The third kappa shape index (κ3) is 4.97. The highest BCUT2D eigenvalue weighted by atomic mass is 35.5. The van der Waals surface area contributed by atoms with Gasteiger partial charge in [-0.05, 0) is 48.7 Å². The zero-order chi connectivity index (χ0) is 17.8. The number of fused-ring (bicyclic) bond motifs is 1. The van der Waals surface area contributed by atoms with Gasteiger partial charge in [0.2, 0.25) is 0 Å². The maximum atomic E-state index is 12.3. The van der Waals surface area contributed by atoms with Crippen molar-refractivity contribution < 1.29 is 4.79 Å².